The van der Waals surface area contributed by atoms with E-state index in [-0.39, 0.29) is 27.3 Å². The van der Waals surface area contributed by atoms with Gasteiger partial charge in [-0.3, -0.25) is 0 Å². The Bertz CT molecular complexity index is 37.1. The number of unbranched alkanes of at least 4 members (excludes halogenated alkanes) is 2. The Labute approximate surface area is 64.6 Å². The van der Waals surface area contributed by atoms with Crippen LogP contribution in [0.2, 0.25) is 0 Å². The molecule has 0 heterocycles. The van der Waals surface area contributed by atoms with E-state index in [0.29, 0.717) is 0 Å². The second kappa shape index (κ2) is 9.78. The van der Waals surface area contributed by atoms with Crippen LogP contribution < -0.4 is 0 Å². The quantitative estimate of drug-likeness (QED) is 0.420. The predicted octanol–water partition coefficient (Wildman–Crippen LogP) is 0.459. The van der Waals surface area contributed by atoms with Crippen LogP contribution in [0.15, 0.2) is 0 Å². The average molecular weight is 295 g/mol. The molecule has 1 nitrogen and oxygen atoms in total. The van der Waals surface area contributed by atoms with Gasteiger partial charge in [-0.25, -0.2) is 0 Å². The summed E-state index contributed by atoms with van der Waals surface area (Å²) in [5.74, 6) is 0. The molecule has 7 heavy (non-hydrogen) atoms. The zero-order chi connectivity index (χ0) is 4.83. The standard InChI is InChI=1S/C5H10O.Pb.2H/c1-2-3-4-5-6;;;/h5H,2-4H2,1H3;;;. The maximum atomic E-state index is 9.56. The number of hydrogen-bond donors (Lipinski definition) is 0. The summed E-state index contributed by atoms with van der Waals surface area (Å²) in [5.41, 5.74) is 0. The molecule has 0 N–H and O–H groups in total. The van der Waals surface area contributed by atoms with Crippen LogP contribution in [-0.4, -0.2) is 33.6 Å². The summed E-state index contributed by atoms with van der Waals surface area (Å²) in [6.45, 7) is 2.07. The van der Waals surface area contributed by atoms with Crippen LogP contribution in [0.1, 0.15) is 26.2 Å². The van der Waals surface area contributed by atoms with Crippen molar-refractivity contribution < 1.29 is 4.79 Å². The Morgan fingerprint density at radius 2 is 2.14 bits per heavy atom. The van der Waals surface area contributed by atoms with Crippen molar-refractivity contribution in [3.63, 3.8) is 0 Å². The van der Waals surface area contributed by atoms with Gasteiger partial charge in [0.15, 0.2) is 0 Å². The van der Waals surface area contributed by atoms with Crippen molar-refractivity contribution in [2.45, 2.75) is 26.2 Å². The number of aldehydes is 1. The van der Waals surface area contributed by atoms with Crippen LogP contribution in [0.4, 0.5) is 0 Å². The molecular formula is C5H12OPb. The summed E-state index contributed by atoms with van der Waals surface area (Å²) in [7, 11) is 0. The molecule has 0 aromatic carbocycles. The zero-order valence-corrected chi connectivity index (χ0v) is 10.3. The van der Waals surface area contributed by atoms with Crippen molar-refractivity contribution >= 4 is 33.6 Å². The van der Waals surface area contributed by atoms with Gasteiger partial charge in [0.1, 0.15) is 6.29 Å². The summed E-state index contributed by atoms with van der Waals surface area (Å²) < 4.78 is 0. The third-order valence-corrected chi connectivity index (χ3v) is 0.676. The van der Waals surface area contributed by atoms with E-state index in [1.54, 1.807) is 0 Å². The first-order chi connectivity index (χ1) is 2.91. The molecule has 0 aliphatic carbocycles. The van der Waals surface area contributed by atoms with E-state index in [1.807, 2.05) is 0 Å². The van der Waals surface area contributed by atoms with Gasteiger partial charge in [-0.2, -0.15) is 0 Å². The summed E-state index contributed by atoms with van der Waals surface area (Å²) in [6, 6.07) is 0. The Balaban J connectivity index is 0. The van der Waals surface area contributed by atoms with Crippen LogP contribution >= 0.6 is 0 Å². The normalized spacial score (nSPS) is 7.00. The van der Waals surface area contributed by atoms with Crippen LogP contribution in [0, 0.1) is 0 Å². The molecule has 0 aliphatic heterocycles. The summed E-state index contributed by atoms with van der Waals surface area (Å²) in [4.78, 5) is 9.56. The zero-order valence-electron chi connectivity index (χ0n) is 4.81. The number of carbonyl (C=O) groups excluding carboxylic acids is 1. The average Bonchev–Trinajstić information content (AvgIpc) is 1.61. The number of carbonyl (C=O) groups is 1. The van der Waals surface area contributed by atoms with Gasteiger partial charge in [0.05, 0.1) is 0 Å². The first-order valence-electron chi connectivity index (χ1n) is 2.35. The molecule has 0 unspecified atom stereocenters. The molecular weight excluding hydrogens is 283 g/mol. The van der Waals surface area contributed by atoms with E-state index in [2.05, 4.69) is 6.92 Å². The molecule has 0 rings (SSSR count). The van der Waals surface area contributed by atoms with E-state index >= 15 is 0 Å². The fourth-order valence-electron chi connectivity index (χ4n) is 0.287. The van der Waals surface area contributed by atoms with Crippen LogP contribution in [0.25, 0.3) is 0 Å². The molecule has 0 bridgehead atoms. The van der Waals surface area contributed by atoms with E-state index < -0.39 is 0 Å². The Morgan fingerprint density at radius 3 is 2.29 bits per heavy atom. The summed E-state index contributed by atoms with van der Waals surface area (Å²) in [6.07, 6.45) is 3.86. The van der Waals surface area contributed by atoms with Crippen molar-refractivity contribution in [3.05, 3.63) is 0 Å². The van der Waals surface area contributed by atoms with Crippen molar-refractivity contribution in [2.24, 2.45) is 0 Å². The topological polar surface area (TPSA) is 17.1 Å². The van der Waals surface area contributed by atoms with Crippen LogP contribution in [0.3, 0.4) is 0 Å². The fraction of sp³-hybridized carbons (Fsp3) is 0.800. The van der Waals surface area contributed by atoms with E-state index in [0.717, 1.165) is 25.5 Å². The van der Waals surface area contributed by atoms with E-state index in [4.69, 9.17) is 0 Å². The molecule has 0 amide bonds. The Hall–Kier alpha value is 0.592. The summed E-state index contributed by atoms with van der Waals surface area (Å²) in [5, 5.41) is 0. The Kier molecular flexibility index (Phi) is 14.7. The fourth-order valence-corrected chi connectivity index (χ4v) is 0.287. The maximum absolute atomic E-state index is 9.56. The minimum atomic E-state index is 0. The second-order valence-electron chi connectivity index (χ2n) is 1.31. The SMILES string of the molecule is CCCCC=O.[PbH2]. The monoisotopic (exact) mass is 296 g/mol. The van der Waals surface area contributed by atoms with Crippen molar-refractivity contribution in [3.8, 4) is 0 Å². The van der Waals surface area contributed by atoms with Gasteiger partial charge >= 0.3 is 27.3 Å². The number of rotatable bonds is 3. The van der Waals surface area contributed by atoms with Gasteiger partial charge in [0.2, 0.25) is 0 Å². The molecule has 0 saturated heterocycles. The molecule has 0 fully saturated rings. The Morgan fingerprint density at radius 1 is 1.57 bits per heavy atom. The predicted molar refractivity (Wildman–Crippen MR) is 34.1 cm³/mol. The third-order valence-electron chi connectivity index (χ3n) is 0.676. The second-order valence-corrected chi connectivity index (χ2v) is 1.31. The molecule has 0 aliphatic rings. The molecule has 42 valence electrons. The van der Waals surface area contributed by atoms with Crippen LogP contribution in [0.5, 0.6) is 0 Å². The minimum absolute atomic E-state index is 0. The van der Waals surface area contributed by atoms with Crippen molar-refractivity contribution in [1.29, 1.82) is 0 Å². The van der Waals surface area contributed by atoms with Gasteiger partial charge in [-0.05, 0) is 6.42 Å². The molecule has 2 heteroatoms. The molecule has 2 radical (unpaired) electrons. The molecule has 0 saturated carbocycles. The first-order valence-corrected chi connectivity index (χ1v) is 2.35. The number of hydrogen-bond acceptors (Lipinski definition) is 1. The van der Waals surface area contributed by atoms with E-state index in [9.17, 15) is 4.79 Å². The van der Waals surface area contributed by atoms with Crippen molar-refractivity contribution in [2.75, 3.05) is 0 Å². The molecule has 0 aromatic heterocycles. The van der Waals surface area contributed by atoms with Gasteiger partial charge in [0.25, 0.3) is 0 Å². The van der Waals surface area contributed by atoms with Gasteiger partial charge < -0.3 is 4.79 Å². The van der Waals surface area contributed by atoms with Gasteiger partial charge in [-0.15, -0.1) is 0 Å². The van der Waals surface area contributed by atoms with Gasteiger partial charge in [0, 0.05) is 6.42 Å². The molecule has 0 aromatic rings. The molecule has 0 atom stereocenters. The molecule has 0 spiro atoms. The van der Waals surface area contributed by atoms with Gasteiger partial charge in [-0.1, -0.05) is 13.3 Å². The summed E-state index contributed by atoms with van der Waals surface area (Å²) >= 11 is 0. The first kappa shape index (κ1) is 10.6. The third kappa shape index (κ3) is 10.8. The van der Waals surface area contributed by atoms with Crippen molar-refractivity contribution in [1.82, 2.24) is 0 Å². The van der Waals surface area contributed by atoms with Crippen LogP contribution in [-0.2, 0) is 4.79 Å². The van der Waals surface area contributed by atoms with E-state index in [1.165, 1.54) is 0 Å².